The summed E-state index contributed by atoms with van der Waals surface area (Å²) in [5.41, 5.74) is -2.64. The molecule has 0 aliphatic heterocycles. The monoisotopic (exact) mass is 534 g/mol. The largest absolute Gasteiger partial charge is 0.501 e. The Hall–Kier alpha value is -5.43. The van der Waals surface area contributed by atoms with Crippen LogP contribution in [0.5, 0.6) is 5.75 Å². The number of halogens is 3. The second-order valence-corrected chi connectivity index (χ2v) is 8.29. The van der Waals surface area contributed by atoms with Crippen molar-refractivity contribution in [3.63, 3.8) is 0 Å². The third-order valence-corrected chi connectivity index (χ3v) is 6.00. The minimum absolute atomic E-state index is 0.000398. The topological polar surface area (TPSA) is 158 Å². The van der Waals surface area contributed by atoms with Gasteiger partial charge in [-0.3, -0.25) is 14.2 Å². The first kappa shape index (κ1) is 26.6. The second-order valence-electron chi connectivity index (χ2n) is 8.29. The van der Waals surface area contributed by atoms with Crippen molar-refractivity contribution in [2.75, 3.05) is 5.32 Å². The molecule has 10 nitrogen and oxygen atoms in total. The maximum absolute atomic E-state index is 15.0. The standard InChI is InChI=1S/C26H17F3N6O4/c1-35-23(34-21(22(36)25(35)38)24(37)33-16-12-32-39-13-16)20(26(27,28)29)19(17-8-4-2-6-14(17)10-30)18-9-5-3-7-15(18)11-31/h2-9,12-13,19-20,36H,1H3,(H,33,37). The number of aromatic nitrogens is 3. The molecule has 0 radical (unpaired) electrons. The molecule has 4 rings (SSSR count). The van der Waals surface area contributed by atoms with Gasteiger partial charge in [0.05, 0.1) is 29.5 Å². The summed E-state index contributed by atoms with van der Waals surface area (Å²) in [6.45, 7) is 0. The van der Waals surface area contributed by atoms with E-state index in [9.17, 15) is 25.2 Å². The van der Waals surface area contributed by atoms with Crippen molar-refractivity contribution in [2.45, 2.75) is 18.0 Å². The Bertz CT molecular complexity index is 1630. The molecule has 4 aromatic rings. The zero-order valence-corrected chi connectivity index (χ0v) is 20.0. The van der Waals surface area contributed by atoms with E-state index < -0.39 is 46.7 Å². The lowest BCUT2D eigenvalue weighted by Crippen LogP contribution is -2.36. The van der Waals surface area contributed by atoms with E-state index in [0.29, 0.717) is 4.57 Å². The van der Waals surface area contributed by atoms with Crippen LogP contribution in [0.1, 0.15) is 50.4 Å². The van der Waals surface area contributed by atoms with Gasteiger partial charge in [0.15, 0.2) is 5.69 Å². The minimum Gasteiger partial charge on any atom is -0.501 e. The van der Waals surface area contributed by atoms with E-state index in [0.717, 1.165) is 19.5 Å². The molecule has 2 N–H and O–H groups in total. The van der Waals surface area contributed by atoms with Crippen molar-refractivity contribution in [3.8, 4) is 17.9 Å². The molecular formula is C26H17F3N6O4. The smallest absolute Gasteiger partial charge is 0.399 e. The number of hydrogen-bond acceptors (Lipinski definition) is 8. The van der Waals surface area contributed by atoms with Gasteiger partial charge in [0.1, 0.15) is 23.7 Å². The summed E-state index contributed by atoms with van der Waals surface area (Å²) in [6, 6.07) is 14.8. The number of nitriles is 2. The number of benzene rings is 2. The van der Waals surface area contributed by atoms with Crippen LogP contribution in [0.25, 0.3) is 0 Å². The van der Waals surface area contributed by atoms with Gasteiger partial charge < -0.3 is 14.9 Å². The van der Waals surface area contributed by atoms with Gasteiger partial charge in [-0.05, 0) is 23.3 Å². The lowest BCUT2D eigenvalue weighted by Gasteiger charge is -2.31. The lowest BCUT2D eigenvalue weighted by molar-refractivity contribution is -0.156. The number of alkyl halides is 3. The molecule has 2 aromatic carbocycles. The first-order chi connectivity index (χ1) is 18.6. The predicted octanol–water partition coefficient (Wildman–Crippen LogP) is 3.95. The molecule has 2 heterocycles. The normalized spacial score (nSPS) is 12.0. The van der Waals surface area contributed by atoms with Crippen molar-refractivity contribution in [1.29, 1.82) is 10.5 Å². The van der Waals surface area contributed by atoms with Crippen LogP contribution in [-0.2, 0) is 7.05 Å². The number of amides is 1. The molecule has 196 valence electrons. The number of nitrogens with one attached hydrogen (secondary N) is 1. The maximum Gasteiger partial charge on any atom is 0.399 e. The van der Waals surface area contributed by atoms with Crippen LogP contribution in [-0.4, -0.2) is 31.9 Å². The van der Waals surface area contributed by atoms with Gasteiger partial charge in [0.2, 0.25) is 5.75 Å². The molecule has 0 aliphatic carbocycles. The van der Waals surface area contributed by atoms with E-state index in [2.05, 4.69) is 20.0 Å². The van der Waals surface area contributed by atoms with E-state index in [1.165, 1.54) is 48.5 Å². The summed E-state index contributed by atoms with van der Waals surface area (Å²) in [5.74, 6) is -7.67. The fourth-order valence-corrected chi connectivity index (χ4v) is 4.25. The zero-order chi connectivity index (χ0) is 28.3. The molecule has 1 atom stereocenters. The van der Waals surface area contributed by atoms with Crippen LogP contribution in [0.3, 0.4) is 0 Å². The Balaban J connectivity index is 2.04. The SMILES string of the molecule is Cn1c(C(C(c2ccccc2C#N)c2ccccc2C#N)C(F)(F)F)nc(C(=O)Nc2cnoc2)c(O)c1=O. The summed E-state index contributed by atoms with van der Waals surface area (Å²) in [5, 5.41) is 35.4. The highest BCUT2D eigenvalue weighted by molar-refractivity contribution is 6.04. The zero-order valence-electron chi connectivity index (χ0n) is 20.0. The lowest BCUT2D eigenvalue weighted by atomic mass is 9.76. The van der Waals surface area contributed by atoms with Crippen molar-refractivity contribution < 1.29 is 27.6 Å². The molecular weight excluding hydrogens is 517 g/mol. The molecule has 2 aromatic heterocycles. The molecule has 13 heteroatoms. The Morgan fingerprint density at radius 1 is 1.08 bits per heavy atom. The Labute approximate surface area is 218 Å². The van der Waals surface area contributed by atoms with E-state index in [1.54, 1.807) is 0 Å². The second kappa shape index (κ2) is 10.5. The highest BCUT2D eigenvalue weighted by Gasteiger charge is 2.50. The quantitative estimate of drug-likeness (QED) is 0.376. The molecule has 0 saturated heterocycles. The van der Waals surface area contributed by atoms with Crippen molar-refractivity contribution in [2.24, 2.45) is 7.05 Å². The van der Waals surface area contributed by atoms with Crippen LogP contribution >= 0.6 is 0 Å². The van der Waals surface area contributed by atoms with E-state index in [1.807, 2.05) is 12.1 Å². The van der Waals surface area contributed by atoms with Gasteiger partial charge >= 0.3 is 6.18 Å². The van der Waals surface area contributed by atoms with Gasteiger partial charge in [-0.1, -0.05) is 41.6 Å². The molecule has 0 bridgehead atoms. The minimum atomic E-state index is -5.12. The van der Waals surface area contributed by atoms with E-state index in [-0.39, 0.29) is 27.9 Å². The van der Waals surface area contributed by atoms with Crippen LogP contribution in [0, 0.1) is 22.7 Å². The highest BCUT2D eigenvalue weighted by atomic mass is 19.4. The molecule has 1 amide bonds. The number of rotatable bonds is 6. The molecule has 0 saturated carbocycles. The van der Waals surface area contributed by atoms with Crippen molar-refractivity contribution in [3.05, 3.63) is 105 Å². The molecule has 0 aliphatic rings. The van der Waals surface area contributed by atoms with Gasteiger partial charge in [-0.2, -0.15) is 23.7 Å². The molecule has 0 spiro atoms. The summed E-state index contributed by atoms with van der Waals surface area (Å²) in [6.07, 6.45) is -3.02. The number of aromatic hydroxyl groups is 1. The average Bonchev–Trinajstić information content (AvgIpc) is 3.43. The average molecular weight is 534 g/mol. The predicted molar refractivity (Wildman–Crippen MR) is 129 cm³/mol. The van der Waals surface area contributed by atoms with Crippen LogP contribution in [0.2, 0.25) is 0 Å². The van der Waals surface area contributed by atoms with Crippen molar-refractivity contribution >= 4 is 11.6 Å². The summed E-state index contributed by atoms with van der Waals surface area (Å²) in [4.78, 5) is 29.5. The first-order valence-electron chi connectivity index (χ1n) is 11.1. The molecule has 0 fully saturated rings. The number of carbonyl (C=O) groups excluding carboxylic acids is 1. The van der Waals surface area contributed by atoms with Gasteiger partial charge in [0, 0.05) is 13.0 Å². The van der Waals surface area contributed by atoms with Crippen molar-refractivity contribution in [1.82, 2.24) is 14.7 Å². The van der Waals surface area contributed by atoms with E-state index >= 15 is 13.2 Å². The van der Waals surface area contributed by atoms with Crippen LogP contribution in [0.4, 0.5) is 18.9 Å². The Morgan fingerprint density at radius 3 is 2.13 bits per heavy atom. The maximum atomic E-state index is 15.0. The fraction of sp³-hybridized carbons (Fsp3) is 0.154. The van der Waals surface area contributed by atoms with Crippen LogP contribution in [0.15, 0.2) is 70.3 Å². The van der Waals surface area contributed by atoms with E-state index in [4.69, 9.17) is 0 Å². The number of carbonyl (C=O) groups is 1. The fourth-order valence-electron chi connectivity index (χ4n) is 4.25. The number of nitrogens with zero attached hydrogens (tertiary/aromatic N) is 5. The summed E-state index contributed by atoms with van der Waals surface area (Å²) < 4.78 is 50.2. The van der Waals surface area contributed by atoms with Gasteiger partial charge in [0.25, 0.3) is 11.5 Å². The Morgan fingerprint density at radius 2 is 1.64 bits per heavy atom. The summed E-state index contributed by atoms with van der Waals surface area (Å²) in [7, 11) is 0.967. The first-order valence-corrected chi connectivity index (χ1v) is 11.1. The molecule has 39 heavy (non-hydrogen) atoms. The third kappa shape index (κ3) is 5.06. The Kier molecular flexibility index (Phi) is 7.18. The van der Waals surface area contributed by atoms with Gasteiger partial charge in [-0.15, -0.1) is 0 Å². The third-order valence-electron chi connectivity index (χ3n) is 6.00. The van der Waals surface area contributed by atoms with Gasteiger partial charge in [-0.25, -0.2) is 4.98 Å². The van der Waals surface area contributed by atoms with Crippen LogP contribution < -0.4 is 10.9 Å². The summed E-state index contributed by atoms with van der Waals surface area (Å²) >= 11 is 0. The molecule has 1 unspecified atom stereocenters. The highest BCUT2D eigenvalue weighted by Crippen LogP contribution is 2.49. The number of anilines is 1. The number of hydrogen-bond donors (Lipinski definition) is 2.